The van der Waals surface area contributed by atoms with Crippen molar-refractivity contribution in [3.8, 4) is 0 Å². The Morgan fingerprint density at radius 3 is 3.10 bits per heavy atom. The first-order valence-electron chi connectivity index (χ1n) is 3.65. The molecule has 2 heteroatoms. The third-order valence-electron chi connectivity index (χ3n) is 2.32. The van der Waals surface area contributed by atoms with Gasteiger partial charge in [0.25, 0.3) is 0 Å². The first-order valence-corrected chi connectivity index (χ1v) is 3.65. The van der Waals surface area contributed by atoms with Gasteiger partial charge in [-0.1, -0.05) is 6.58 Å². The molecule has 10 heavy (non-hydrogen) atoms. The van der Waals surface area contributed by atoms with Crippen LogP contribution in [0, 0.1) is 5.92 Å². The molecule has 0 aromatic heterocycles. The molecular formula is C8H10O2. The minimum Gasteiger partial charge on any atom is -0.373 e. The maximum Gasteiger partial charge on any atom is 0.166 e. The van der Waals surface area contributed by atoms with Gasteiger partial charge in [0.1, 0.15) is 0 Å². The lowest BCUT2D eigenvalue weighted by atomic mass is 9.72. The van der Waals surface area contributed by atoms with Crippen LogP contribution in [0.25, 0.3) is 0 Å². The quantitative estimate of drug-likeness (QED) is 0.465. The third kappa shape index (κ3) is 0.598. The predicted octanol–water partition coefficient (Wildman–Crippen LogP) is 0.920. The van der Waals surface area contributed by atoms with Crippen molar-refractivity contribution < 1.29 is 9.53 Å². The molecule has 1 aliphatic heterocycles. The zero-order valence-electron chi connectivity index (χ0n) is 5.80. The van der Waals surface area contributed by atoms with Crippen LogP contribution in [0.2, 0.25) is 0 Å². The number of fused-ring (bicyclic) bond motifs is 1. The van der Waals surface area contributed by atoms with Crippen LogP contribution in [0.5, 0.6) is 0 Å². The number of rotatable bonds is 0. The van der Waals surface area contributed by atoms with E-state index in [4.69, 9.17) is 4.74 Å². The van der Waals surface area contributed by atoms with Crippen LogP contribution in [0.15, 0.2) is 12.2 Å². The number of carbonyl (C=O) groups excluding carboxylic acids is 1. The van der Waals surface area contributed by atoms with Crippen LogP contribution in [-0.4, -0.2) is 18.5 Å². The lowest BCUT2D eigenvalue weighted by Crippen LogP contribution is -2.48. The minimum atomic E-state index is 0.0845. The summed E-state index contributed by atoms with van der Waals surface area (Å²) in [4.78, 5) is 11.0. The number of carbonyl (C=O) groups is 1. The normalized spacial score (nSPS) is 38.8. The molecule has 0 amide bonds. The molecule has 54 valence electrons. The van der Waals surface area contributed by atoms with Gasteiger partial charge < -0.3 is 4.74 Å². The number of ketones is 1. The summed E-state index contributed by atoms with van der Waals surface area (Å²) < 4.78 is 5.34. The van der Waals surface area contributed by atoms with Crippen LogP contribution >= 0.6 is 0 Å². The topological polar surface area (TPSA) is 26.3 Å². The average molecular weight is 138 g/mol. The first-order chi connectivity index (χ1) is 4.80. The Morgan fingerprint density at radius 1 is 1.60 bits per heavy atom. The van der Waals surface area contributed by atoms with Crippen molar-refractivity contribution in [2.45, 2.75) is 18.9 Å². The molecule has 2 nitrogen and oxygen atoms in total. The summed E-state index contributed by atoms with van der Waals surface area (Å²) >= 11 is 0. The minimum absolute atomic E-state index is 0.0845. The molecule has 1 heterocycles. The number of ether oxygens (including phenoxy) is 1. The smallest absolute Gasteiger partial charge is 0.166 e. The van der Waals surface area contributed by atoms with Crippen molar-refractivity contribution in [1.82, 2.24) is 0 Å². The van der Waals surface area contributed by atoms with E-state index in [1.54, 1.807) is 0 Å². The van der Waals surface area contributed by atoms with Gasteiger partial charge >= 0.3 is 0 Å². The largest absolute Gasteiger partial charge is 0.373 e. The summed E-state index contributed by atoms with van der Waals surface area (Å²) in [6.45, 7) is 4.45. The van der Waals surface area contributed by atoms with Crippen molar-refractivity contribution in [3.05, 3.63) is 12.2 Å². The van der Waals surface area contributed by atoms with Crippen molar-refractivity contribution >= 4 is 5.78 Å². The average Bonchev–Trinajstić information content (AvgIpc) is 2.03. The lowest BCUT2D eigenvalue weighted by Gasteiger charge is -2.40. The lowest BCUT2D eigenvalue weighted by molar-refractivity contribution is -0.138. The van der Waals surface area contributed by atoms with Gasteiger partial charge in [-0.15, -0.1) is 0 Å². The first kappa shape index (κ1) is 6.10. The molecule has 0 unspecified atom stereocenters. The number of hydrogen-bond donors (Lipinski definition) is 0. The Kier molecular flexibility index (Phi) is 1.17. The van der Waals surface area contributed by atoms with Gasteiger partial charge in [0.15, 0.2) is 5.78 Å². The van der Waals surface area contributed by atoms with E-state index in [9.17, 15) is 4.79 Å². The standard InChI is InChI=1S/C8H10O2/c1-5-7(9)6-3-2-4-10-8(5)6/h6,8H,1-4H2/t6-,8+/m1/s1. The van der Waals surface area contributed by atoms with E-state index in [0.717, 1.165) is 19.4 Å². The molecule has 2 fully saturated rings. The summed E-state index contributed by atoms with van der Waals surface area (Å²) in [6.07, 6.45) is 2.11. The summed E-state index contributed by atoms with van der Waals surface area (Å²) in [7, 11) is 0. The molecule has 0 bridgehead atoms. The number of Topliss-reactive ketones (excluding diaryl/α,β-unsaturated/α-hetero) is 1. The molecule has 0 radical (unpaired) electrons. The van der Waals surface area contributed by atoms with E-state index in [2.05, 4.69) is 6.58 Å². The monoisotopic (exact) mass is 138 g/mol. The summed E-state index contributed by atoms with van der Waals surface area (Å²) in [5.41, 5.74) is 0.685. The highest BCUT2D eigenvalue weighted by Crippen LogP contribution is 2.37. The molecule has 2 aliphatic rings. The van der Waals surface area contributed by atoms with Gasteiger partial charge in [-0.2, -0.15) is 0 Å². The van der Waals surface area contributed by atoms with Crippen LogP contribution in [-0.2, 0) is 9.53 Å². The van der Waals surface area contributed by atoms with E-state index in [1.807, 2.05) is 0 Å². The highest BCUT2D eigenvalue weighted by atomic mass is 16.5. The van der Waals surface area contributed by atoms with Crippen LogP contribution in [0.4, 0.5) is 0 Å². The van der Waals surface area contributed by atoms with Crippen molar-refractivity contribution in [1.29, 1.82) is 0 Å². The summed E-state index contributed by atoms with van der Waals surface area (Å²) in [5, 5.41) is 0. The molecule has 2 rings (SSSR count). The van der Waals surface area contributed by atoms with E-state index in [0.29, 0.717) is 5.57 Å². The SMILES string of the molecule is C=C1C(=O)[C@H]2CCCO[C@@H]12. The Labute approximate surface area is 59.9 Å². The predicted molar refractivity (Wildman–Crippen MR) is 36.6 cm³/mol. The molecule has 0 aromatic rings. The zero-order chi connectivity index (χ0) is 7.14. The zero-order valence-corrected chi connectivity index (χ0v) is 5.80. The van der Waals surface area contributed by atoms with E-state index >= 15 is 0 Å². The van der Waals surface area contributed by atoms with Gasteiger partial charge in [0, 0.05) is 12.2 Å². The third-order valence-corrected chi connectivity index (χ3v) is 2.32. The molecule has 0 spiro atoms. The van der Waals surface area contributed by atoms with E-state index in [-0.39, 0.29) is 17.8 Å². The van der Waals surface area contributed by atoms with Crippen molar-refractivity contribution in [3.63, 3.8) is 0 Å². The van der Waals surface area contributed by atoms with Crippen LogP contribution in [0.1, 0.15) is 12.8 Å². The molecule has 0 N–H and O–H groups in total. The molecular weight excluding hydrogens is 128 g/mol. The maximum atomic E-state index is 11.0. The Hall–Kier alpha value is -0.630. The summed E-state index contributed by atoms with van der Waals surface area (Å²) in [6, 6.07) is 0. The van der Waals surface area contributed by atoms with Gasteiger partial charge in [0.2, 0.25) is 0 Å². The van der Waals surface area contributed by atoms with Crippen molar-refractivity contribution in [2.75, 3.05) is 6.61 Å². The molecule has 1 saturated heterocycles. The van der Waals surface area contributed by atoms with E-state index < -0.39 is 0 Å². The molecule has 1 aliphatic carbocycles. The van der Waals surface area contributed by atoms with Gasteiger partial charge in [0.05, 0.1) is 12.0 Å². The summed E-state index contributed by atoms with van der Waals surface area (Å²) in [5.74, 6) is 0.394. The van der Waals surface area contributed by atoms with Gasteiger partial charge in [-0.25, -0.2) is 0 Å². The second kappa shape index (κ2) is 1.92. The fraction of sp³-hybridized carbons (Fsp3) is 0.625. The van der Waals surface area contributed by atoms with E-state index in [1.165, 1.54) is 0 Å². The highest BCUT2D eigenvalue weighted by molar-refractivity contribution is 6.05. The second-order valence-corrected chi connectivity index (χ2v) is 2.93. The molecule has 2 atom stereocenters. The fourth-order valence-corrected chi connectivity index (χ4v) is 1.68. The maximum absolute atomic E-state index is 11.0. The highest BCUT2D eigenvalue weighted by Gasteiger charge is 2.45. The van der Waals surface area contributed by atoms with Crippen molar-refractivity contribution in [2.24, 2.45) is 5.92 Å². The second-order valence-electron chi connectivity index (χ2n) is 2.93. The van der Waals surface area contributed by atoms with Crippen LogP contribution < -0.4 is 0 Å². The molecule has 0 aromatic carbocycles. The Morgan fingerprint density at radius 2 is 2.40 bits per heavy atom. The van der Waals surface area contributed by atoms with Gasteiger partial charge in [-0.3, -0.25) is 4.79 Å². The Balaban J connectivity index is 2.13. The number of hydrogen-bond acceptors (Lipinski definition) is 2. The fourth-order valence-electron chi connectivity index (χ4n) is 1.68. The van der Waals surface area contributed by atoms with Crippen LogP contribution in [0.3, 0.4) is 0 Å². The van der Waals surface area contributed by atoms with Gasteiger partial charge in [-0.05, 0) is 12.8 Å². The Bertz CT molecular complexity index is 173. The molecule has 1 saturated carbocycles.